The molecule has 0 radical (unpaired) electrons. The molecule has 3 fully saturated rings. The lowest BCUT2D eigenvalue weighted by molar-refractivity contribution is -0.137. The van der Waals surface area contributed by atoms with Crippen LogP contribution < -0.4 is 0 Å². The van der Waals surface area contributed by atoms with Gasteiger partial charge in [-0.3, -0.25) is 9.88 Å². The van der Waals surface area contributed by atoms with Crippen LogP contribution in [0.3, 0.4) is 0 Å². The molecule has 2 saturated carbocycles. The number of alkyl halides is 3. The van der Waals surface area contributed by atoms with Crippen molar-refractivity contribution in [1.29, 1.82) is 0 Å². The zero-order valence-electron chi connectivity index (χ0n) is 18.0. The molecular formula is C22H28F3N5O. The number of nitrogens with zero attached hydrogens (tertiary/aromatic N) is 5. The van der Waals surface area contributed by atoms with E-state index in [4.69, 9.17) is 9.72 Å². The van der Waals surface area contributed by atoms with E-state index in [2.05, 4.69) is 21.9 Å². The molecule has 3 heterocycles. The van der Waals surface area contributed by atoms with Gasteiger partial charge in [0.15, 0.2) is 5.82 Å². The lowest BCUT2D eigenvalue weighted by Gasteiger charge is -2.38. The van der Waals surface area contributed by atoms with Crippen LogP contribution in [0.25, 0.3) is 11.4 Å². The molecule has 2 aromatic heterocycles. The van der Waals surface area contributed by atoms with E-state index < -0.39 is 11.7 Å². The van der Waals surface area contributed by atoms with Crippen LogP contribution in [0.2, 0.25) is 0 Å². The van der Waals surface area contributed by atoms with Crippen molar-refractivity contribution in [2.45, 2.75) is 63.8 Å². The second-order valence-corrected chi connectivity index (χ2v) is 9.43. The topological polar surface area (TPSA) is 56.1 Å². The molecule has 2 unspecified atom stereocenters. The number of hydrogen-bond donors (Lipinski definition) is 0. The van der Waals surface area contributed by atoms with E-state index >= 15 is 0 Å². The predicted octanol–water partition coefficient (Wildman–Crippen LogP) is 4.15. The lowest BCUT2D eigenvalue weighted by Crippen LogP contribution is -2.49. The van der Waals surface area contributed by atoms with Gasteiger partial charge in [-0.05, 0) is 51.5 Å². The second-order valence-electron chi connectivity index (χ2n) is 9.43. The lowest BCUT2D eigenvalue weighted by atomic mass is 10.0. The number of hydrogen-bond acceptors (Lipinski definition) is 5. The van der Waals surface area contributed by atoms with E-state index in [1.807, 2.05) is 18.5 Å². The Kier molecular flexibility index (Phi) is 5.08. The van der Waals surface area contributed by atoms with Gasteiger partial charge in [0.2, 0.25) is 0 Å². The fourth-order valence-electron chi connectivity index (χ4n) is 5.53. The van der Waals surface area contributed by atoms with Crippen molar-refractivity contribution >= 4 is 0 Å². The molecule has 2 aliphatic carbocycles. The Morgan fingerprint density at radius 2 is 1.90 bits per heavy atom. The van der Waals surface area contributed by atoms with Crippen molar-refractivity contribution in [3.05, 3.63) is 29.8 Å². The second kappa shape index (κ2) is 7.55. The summed E-state index contributed by atoms with van der Waals surface area (Å²) in [5, 5.41) is 4.58. The third kappa shape index (κ3) is 3.75. The summed E-state index contributed by atoms with van der Waals surface area (Å²) in [5.41, 5.74) is -0.473. The normalized spacial score (nSPS) is 31.3. The largest absolute Gasteiger partial charge is 0.417 e. The van der Waals surface area contributed by atoms with Gasteiger partial charge in [-0.25, -0.2) is 9.67 Å². The Morgan fingerprint density at radius 1 is 1.16 bits per heavy atom. The first-order chi connectivity index (χ1) is 14.7. The zero-order chi connectivity index (χ0) is 21.9. The molecule has 0 aromatic carbocycles. The summed E-state index contributed by atoms with van der Waals surface area (Å²) >= 11 is 0. The van der Waals surface area contributed by atoms with Crippen LogP contribution in [-0.2, 0) is 10.9 Å². The first-order valence-corrected chi connectivity index (χ1v) is 11.1. The van der Waals surface area contributed by atoms with Gasteiger partial charge < -0.3 is 4.74 Å². The Hall–Kier alpha value is -2.00. The number of aromatic nitrogens is 4. The summed E-state index contributed by atoms with van der Waals surface area (Å²) in [7, 11) is 0. The molecule has 31 heavy (non-hydrogen) atoms. The third-order valence-electron chi connectivity index (χ3n) is 7.08. The van der Waals surface area contributed by atoms with E-state index in [1.165, 1.54) is 6.20 Å². The van der Waals surface area contributed by atoms with Crippen molar-refractivity contribution in [1.82, 2.24) is 24.6 Å². The average molecular weight is 435 g/mol. The molecule has 0 spiro atoms. The van der Waals surface area contributed by atoms with E-state index in [9.17, 15) is 13.2 Å². The Morgan fingerprint density at radius 3 is 2.55 bits per heavy atom. The standard InChI is InChI=1S/C22H28F3N5O/c1-12(2)30-21(27-20(28-30)14-6-15(10-26-9-14)22(23,24)25)19-17-7-16(8-18(17)19)29-4-5-31-11-13(29)3/h6,9-10,12-13,16-19H,4-5,7-8,11H2,1-3H3/t13-,16?,17-,18+,19?/m0/s1. The van der Waals surface area contributed by atoms with Crippen molar-refractivity contribution in [3.63, 3.8) is 0 Å². The van der Waals surface area contributed by atoms with Crippen LogP contribution in [0.5, 0.6) is 0 Å². The maximum absolute atomic E-state index is 13.1. The Bertz CT molecular complexity index is 947. The summed E-state index contributed by atoms with van der Waals surface area (Å²) in [4.78, 5) is 11.1. The average Bonchev–Trinajstić information content (AvgIpc) is 3.09. The molecule has 6 nitrogen and oxygen atoms in total. The van der Waals surface area contributed by atoms with Crippen molar-refractivity contribution in [2.75, 3.05) is 19.8 Å². The third-order valence-corrected chi connectivity index (χ3v) is 7.08. The number of rotatable bonds is 4. The van der Waals surface area contributed by atoms with E-state index in [0.29, 0.717) is 41.2 Å². The zero-order valence-corrected chi connectivity index (χ0v) is 18.0. The monoisotopic (exact) mass is 435 g/mol. The van der Waals surface area contributed by atoms with E-state index in [-0.39, 0.29) is 6.04 Å². The molecular weight excluding hydrogens is 407 g/mol. The van der Waals surface area contributed by atoms with Crippen LogP contribution in [0, 0.1) is 11.8 Å². The number of morpholine rings is 1. The van der Waals surface area contributed by atoms with E-state index in [1.54, 1.807) is 0 Å². The highest BCUT2D eigenvalue weighted by atomic mass is 19.4. The van der Waals surface area contributed by atoms with Gasteiger partial charge in [-0.15, -0.1) is 0 Å². The summed E-state index contributed by atoms with van der Waals surface area (Å²) < 4.78 is 46.8. The molecule has 0 bridgehead atoms. The quantitative estimate of drug-likeness (QED) is 0.722. The molecule has 0 N–H and O–H groups in total. The molecule has 168 valence electrons. The molecule has 1 saturated heterocycles. The minimum Gasteiger partial charge on any atom is -0.379 e. The minimum absolute atomic E-state index is 0.0893. The van der Waals surface area contributed by atoms with Crippen molar-refractivity contribution in [2.24, 2.45) is 11.8 Å². The highest BCUT2D eigenvalue weighted by Gasteiger charge is 2.59. The highest BCUT2D eigenvalue weighted by molar-refractivity contribution is 5.54. The fourth-order valence-corrected chi connectivity index (χ4v) is 5.53. The van der Waals surface area contributed by atoms with Gasteiger partial charge in [0.25, 0.3) is 0 Å². The fraction of sp³-hybridized carbons (Fsp3) is 0.682. The van der Waals surface area contributed by atoms with Gasteiger partial charge in [0.1, 0.15) is 5.82 Å². The van der Waals surface area contributed by atoms with Crippen molar-refractivity contribution < 1.29 is 17.9 Å². The van der Waals surface area contributed by atoms with Crippen LogP contribution >= 0.6 is 0 Å². The molecule has 9 heteroatoms. The van der Waals surface area contributed by atoms with Crippen LogP contribution in [0.1, 0.15) is 57.0 Å². The van der Waals surface area contributed by atoms with Crippen LogP contribution in [-0.4, -0.2) is 56.5 Å². The van der Waals surface area contributed by atoms with Gasteiger partial charge in [0, 0.05) is 48.5 Å². The summed E-state index contributed by atoms with van der Waals surface area (Å²) in [5.74, 6) is 2.73. The maximum atomic E-state index is 13.1. The van der Waals surface area contributed by atoms with Crippen LogP contribution in [0.15, 0.2) is 18.5 Å². The van der Waals surface area contributed by atoms with Crippen LogP contribution in [0.4, 0.5) is 13.2 Å². The maximum Gasteiger partial charge on any atom is 0.417 e. The molecule has 0 amide bonds. The number of ether oxygens (including phenoxy) is 1. The molecule has 1 aliphatic heterocycles. The number of pyridine rings is 1. The molecule has 5 atom stereocenters. The molecule has 3 aliphatic rings. The first-order valence-electron chi connectivity index (χ1n) is 11.1. The van der Waals surface area contributed by atoms with Crippen molar-refractivity contribution in [3.8, 4) is 11.4 Å². The molecule has 5 rings (SSSR count). The SMILES string of the molecule is CC(C)n1nc(-c2cncc(C(F)(F)F)c2)nc1C1[C@H]2CC(N3CCOC[C@@H]3C)C[C@@H]12. The first kappa shape index (κ1) is 20.9. The van der Waals surface area contributed by atoms with Gasteiger partial charge >= 0.3 is 6.18 Å². The minimum atomic E-state index is -4.44. The van der Waals surface area contributed by atoms with Gasteiger partial charge in [0.05, 0.1) is 18.8 Å². The Labute approximate surface area is 179 Å². The number of fused-ring (bicyclic) bond motifs is 1. The summed E-state index contributed by atoms with van der Waals surface area (Å²) in [6, 6.07) is 2.22. The summed E-state index contributed by atoms with van der Waals surface area (Å²) in [6.07, 6.45) is 0.0895. The predicted molar refractivity (Wildman–Crippen MR) is 108 cm³/mol. The smallest absolute Gasteiger partial charge is 0.379 e. The highest BCUT2D eigenvalue weighted by Crippen LogP contribution is 2.64. The summed E-state index contributed by atoms with van der Waals surface area (Å²) in [6.45, 7) is 8.88. The van der Waals surface area contributed by atoms with Gasteiger partial charge in [-0.1, -0.05) is 0 Å². The number of halogens is 3. The molecule has 2 aromatic rings. The van der Waals surface area contributed by atoms with Gasteiger partial charge in [-0.2, -0.15) is 18.3 Å². The van der Waals surface area contributed by atoms with E-state index in [0.717, 1.165) is 50.7 Å². The Balaban J connectivity index is 1.37.